The molecule has 0 spiro atoms. The Bertz CT molecular complexity index is 740. The molecule has 0 bridgehead atoms. The summed E-state index contributed by atoms with van der Waals surface area (Å²) >= 11 is 5.90. The maximum Gasteiger partial charge on any atom is 0.262 e. The van der Waals surface area contributed by atoms with Crippen LogP contribution >= 0.6 is 11.6 Å². The van der Waals surface area contributed by atoms with E-state index in [1.807, 2.05) is 0 Å². The first-order valence-corrected chi connectivity index (χ1v) is 7.73. The molecular formula is C17H16ClFN2O2. The molecule has 2 atom stereocenters. The Balaban J connectivity index is 1.80. The van der Waals surface area contributed by atoms with Crippen LogP contribution < -0.4 is 5.32 Å². The van der Waals surface area contributed by atoms with E-state index in [0.29, 0.717) is 5.02 Å². The van der Waals surface area contributed by atoms with Crippen LogP contribution in [0.4, 0.5) is 4.39 Å². The zero-order valence-corrected chi connectivity index (χ0v) is 13.1. The van der Waals surface area contributed by atoms with Crippen LogP contribution in [0.5, 0.6) is 0 Å². The van der Waals surface area contributed by atoms with Gasteiger partial charge in [-0.2, -0.15) is 0 Å². The molecule has 1 heterocycles. The van der Waals surface area contributed by atoms with Gasteiger partial charge in [0.2, 0.25) is 5.67 Å². The Morgan fingerprint density at radius 2 is 2.26 bits per heavy atom. The summed E-state index contributed by atoms with van der Waals surface area (Å²) in [5, 5.41) is 13.1. The highest BCUT2D eigenvalue weighted by atomic mass is 35.5. The fourth-order valence-electron chi connectivity index (χ4n) is 2.83. The molecule has 0 saturated heterocycles. The monoisotopic (exact) mass is 334 g/mol. The van der Waals surface area contributed by atoms with E-state index in [0.717, 1.165) is 5.56 Å². The van der Waals surface area contributed by atoms with Crippen LogP contribution in [-0.2, 0) is 17.0 Å². The van der Waals surface area contributed by atoms with Crippen molar-refractivity contribution in [1.29, 1.82) is 0 Å². The van der Waals surface area contributed by atoms with Gasteiger partial charge in [-0.15, -0.1) is 0 Å². The molecule has 2 aromatic rings. The Morgan fingerprint density at radius 3 is 3.04 bits per heavy atom. The Labute approximate surface area is 138 Å². The standard InChI is InChI=1S/C17H16ClFN2O2/c18-12-4-1-3-11(9-12)10-21-16(23)17(19)7-6-14(22)15-13(17)5-2-8-20-15/h1-5,8-9,14,22H,6-7,10H2,(H,21,23). The third kappa shape index (κ3) is 3.07. The van der Waals surface area contributed by atoms with Gasteiger partial charge in [-0.25, -0.2) is 4.39 Å². The number of alkyl halides is 1. The van der Waals surface area contributed by atoms with E-state index in [1.165, 1.54) is 12.3 Å². The van der Waals surface area contributed by atoms with E-state index in [-0.39, 0.29) is 30.6 Å². The zero-order chi connectivity index (χ0) is 16.4. The number of carbonyl (C=O) groups is 1. The van der Waals surface area contributed by atoms with Crippen LogP contribution in [-0.4, -0.2) is 16.0 Å². The molecule has 1 aliphatic carbocycles. The van der Waals surface area contributed by atoms with Crippen LogP contribution in [0.15, 0.2) is 42.6 Å². The predicted molar refractivity (Wildman–Crippen MR) is 84.5 cm³/mol. The molecule has 3 rings (SSSR count). The molecule has 0 radical (unpaired) electrons. The summed E-state index contributed by atoms with van der Waals surface area (Å²) in [5.74, 6) is -0.723. The summed E-state index contributed by atoms with van der Waals surface area (Å²) in [7, 11) is 0. The molecular weight excluding hydrogens is 319 g/mol. The van der Waals surface area contributed by atoms with E-state index in [4.69, 9.17) is 11.6 Å². The molecule has 0 saturated carbocycles. The van der Waals surface area contributed by atoms with Gasteiger partial charge in [-0.05, 0) is 36.6 Å². The van der Waals surface area contributed by atoms with Crippen LogP contribution in [0.1, 0.15) is 35.8 Å². The first kappa shape index (κ1) is 15.9. The third-order valence-electron chi connectivity index (χ3n) is 4.05. The molecule has 2 N–H and O–H groups in total. The lowest BCUT2D eigenvalue weighted by Gasteiger charge is -2.32. The minimum Gasteiger partial charge on any atom is -0.387 e. The van der Waals surface area contributed by atoms with E-state index in [2.05, 4.69) is 10.3 Å². The summed E-state index contributed by atoms with van der Waals surface area (Å²) in [5.41, 5.74) is -1.01. The highest BCUT2D eigenvalue weighted by molar-refractivity contribution is 6.30. The molecule has 0 fully saturated rings. The summed E-state index contributed by atoms with van der Waals surface area (Å²) < 4.78 is 15.3. The topological polar surface area (TPSA) is 62.2 Å². The molecule has 2 unspecified atom stereocenters. The number of carbonyl (C=O) groups excluding carboxylic acids is 1. The number of nitrogens with zero attached hydrogens (tertiary/aromatic N) is 1. The van der Waals surface area contributed by atoms with Crippen molar-refractivity contribution in [1.82, 2.24) is 10.3 Å². The molecule has 6 heteroatoms. The number of fused-ring (bicyclic) bond motifs is 1. The zero-order valence-electron chi connectivity index (χ0n) is 12.3. The second-order valence-electron chi connectivity index (χ2n) is 5.60. The minimum absolute atomic E-state index is 0.0752. The predicted octanol–water partition coefficient (Wildman–Crippen LogP) is 3.04. The van der Waals surface area contributed by atoms with Crippen LogP contribution in [0.3, 0.4) is 0 Å². The summed E-state index contributed by atoms with van der Waals surface area (Å²) in [4.78, 5) is 16.4. The number of pyridine rings is 1. The largest absolute Gasteiger partial charge is 0.387 e. The number of benzene rings is 1. The van der Waals surface area contributed by atoms with Gasteiger partial charge in [0.05, 0.1) is 11.8 Å². The van der Waals surface area contributed by atoms with Gasteiger partial charge in [0.25, 0.3) is 5.91 Å². The van der Waals surface area contributed by atoms with E-state index in [9.17, 15) is 9.90 Å². The maximum atomic E-state index is 15.3. The molecule has 4 nitrogen and oxygen atoms in total. The SMILES string of the molecule is O=C(NCc1cccc(Cl)c1)C1(F)CCC(O)c2ncccc21. The number of halogens is 2. The van der Waals surface area contributed by atoms with Crippen molar-refractivity contribution in [3.8, 4) is 0 Å². The third-order valence-corrected chi connectivity index (χ3v) is 4.28. The first-order valence-electron chi connectivity index (χ1n) is 7.36. The van der Waals surface area contributed by atoms with E-state index >= 15 is 4.39 Å². The van der Waals surface area contributed by atoms with Gasteiger partial charge in [-0.1, -0.05) is 29.8 Å². The second kappa shape index (κ2) is 6.26. The smallest absolute Gasteiger partial charge is 0.262 e. The maximum absolute atomic E-state index is 15.3. The fraction of sp³-hybridized carbons (Fsp3) is 0.294. The van der Waals surface area contributed by atoms with Crippen LogP contribution in [0.25, 0.3) is 0 Å². The molecule has 1 aromatic carbocycles. The molecule has 23 heavy (non-hydrogen) atoms. The van der Waals surface area contributed by atoms with E-state index < -0.39 is 17.7 Å². The highest BCUT2D eigenvalue weighted by Crippen LogP contribution is 2.42. The quantitative estimate of drug-likeness (QED) is 0.907. The van der Waals surface area contributed by atoms with Gasteiger partial charge >= 0.3 is 0 Å². The molecule has 1 aliphatic rings. The van der Waals surface area contributed by atoms with Gasteiger partial charge in [0.1, 0.15) is 0 Å². The number of rotatable bonds is 3. The van der Waals surface area contributed by atoms with Crippen molar-refractivity contribution >= 4 is 17.5 Å². The van der Waals surface area contributed by atoms with Crippen molar-refractivity contribution in [2.24, 2.45) is 0 Å². The lowest BCUT2D eigenvalue weighted by molar-refractivity contribution is -0.135. The van der Waals surface area contributed by atoms with Crippen molar-refractivity contribution in [3.05, 3.63) is 64.4 Å². The number of aliphatic hydroxyl groups excluding tert-OH is 1. The lowest BCUT2D eigenvalue weighted by Crippen LogP contribution is -2.44. The molecule has 1 amide bonds. The number of aromatic nitrogens is 1. The summed E-state index contributed by atoms with van der Waals surface area (Å²) in [6.45, 7) is 0.184. The van der Waals surface area contributed by atoms with Crippen molar-refractivity contribution in [3.63, 3.8) is 0 Å². The Morgan fingerprint density at radius 1 is 1.43 bits per heavy atom. The minimum atomic E-state index is -2.18. The van der Waals surface area contributed by atoms with Crippen molar-refractivity contribution < 1.29 is 14.3 Å². The molecule has 1 aromatic heterocycles. The number of hydrogen-bond acceptors (Lipinski definition) is 3. The van der Waals surface area contributed by atoms with Crippen molar-refractivity contribution in [2.45, 2.75) is 31.2 Å². The van der Waals surface area contributed by atoms with Crippen LogP contribution in [0.2, 0.25) is 5.02 Å². The first-order chi connectivity index (χ1) is 11.0. The molecule has 0 aliphatic heterocycles. The van der Waals surface area contributed by atoms with Gasteiger partial charge in [0, 0.05) is 23.3 Å². The fourth-order valence-corrected chi connectivity index (χ4v) is 3.04. The lowest BCUT2D eigenvalue weighted by atomic mass is 9.81. The van der Waals surface area contributed by atoms with Gasteiger partial charge in [-0.3, -0.25) is 9.78 Å². The Kier molecular flexibility index (Phi) is 4.33. The number of aliphatic hydroxyl groups is 1. The summed E-state index contributed by atoms with van der Waals surface area (Å²) in [6, 6.07) is 10.1. The summed E-state index contributed by atoms with van der Waals surface area (Å²) in [6.07, 6.45) is 0.729. The number of amides is 1. The molecule has 120 valence electrons. The van der Waals surface area contributed by atoms with E-state index in [1.54, 1.807) is 30.3 Å². The number of hydrogen-bond donors (Lipinski definition) is 2. The number of nitrogens with one attached hydrogen (secondary N) is 1. The second-order valence-corrected chi connectivity index (χ2v) is 6.04. The normalized spacial score (nSPS) is 23.2. The van der Waals surface area contributed by atoms with Crippen LogP contribution in [0, 0.1) is 0 Å². The van der Waals surface area contributed by atoms with Gasteiger partial charge < -0.3 is 10.4 Å². The van der Waals surface area contributed by atoms with Gasteiger partial charge in [0.15, 0.2) is 0 Å². The average molecular weight is 335 g/mol. The average Bonchev–Trinajstić information content (AvgIpc) is 2.56. The Hall–Kier alpha value is -1.98. The highest BCUT2D eigenvalue weighted by Gasteiger charge is 2.46. The van der Waals surface area contributed by atoms with Crippen molar-refractivity contribution in [2.75, 3.05) is 0 Å².